The second-order valence-electron chi connectivity index (χ2n) is 10.7. The first-order valence-corrected chi connectivity index (χ1v) is 13.6. The monoisotopic (exact) mass is 554 g/mol. The summed E-state index contributed by atoms with van der Waals surface area (Å²) < 4.78 is 5.49. The molecule has 1 spiro atoms. The summed E-state index contributed by atoms with van der Waals surface area (Å²) in [5.74, 6) is -2.05. The van der Waals surface area contributed by atoms with Crippen molar-refractivity contribution in [1.82, 2.24) is 15.2 Å². The number of para-hydroxylation sites is 2. The molecule has 0 unspecified atom stereocenters. The highest BCUT2D eigenvalue weighted by Crippen LogP contribution is 2.54. The largest absolute Gasteiger partial charge is 0.496 e. The van der Waals surface area contributed by atoms with Crippen LogP contribution in [0, 0.1) is 18.8 Å². The molecule has 1 aromatic heterocycles. The number of fused-ring (bicyclic) bond motifs is 5. The molecule has 3 amide bonds. The number of hydrogen-bond donors (Lipinski definition) is 3. The minimum absolute atomic E-state index is 0.0681. The zero-order chi connectivity index (χ0) is 27.8. The van der Waals surface area contributed by atoms with Crippen LogP contribution in [0.3, 0.4) is 0 Å². The topological polar surface area (TPSA) is 104 Å². The lowest BCUT2D eigenvalue weighted by Gasteiger charge is -2.30. The molecule has 3 aromatic carbocycles. The molecule has 2 saturated heterocycles. The summed E-state index contributed by atoms with van der Waals surface area (Å²) in [6.07, 6.45) is 2.40. The lowest BCUT2D eigenvalue weighted by atomic mass is 9.76. The number of ether oxygens (including phenoxy) is 1. The summed E-state index contributed by atoms with van der Waals surface area (Å²) in [5.41, 5.74) is 3.30. The first-order valence-electron chi connectivity index (χ1n) is 13.3. The van der Waals surface area contributed by atoms with Crippen molar-refractivity contribution in [1.29, 1.82) is 0 Å². The quantitative estimate of drug-likeness (QED) is 0.319. The predicted octanol–water partition coefficient (Wildman–Crippen LogP) is 4.30. The number of aromatic amines is 1. The molecule has 4 aromatic rings. The zero-order valence-electron chi connectivity index (χ0n) is 22.0. The van der Waals surface area contributed by atoms with Crippen LogP contribution in [0.5, 0.6) is 5.75 Å². The van der Waals surface area contributed by atoms with E-state index in [1.165, 1.54) is 4.90 Å². The Balaban J connectivity index is 1.35. The average Bonchev–Trinajstić information content (AvgIpc) is 3.67. The molecule has 8 nitrogen and oxygen atoms in total. The number of methoxy groups -OCH3 is 1. The Morgan fingerprint density at radius 3 is 2.58 bits per heavy atom. The number of imide groups is 1. The molecule has 4 atom stereocenters. The smallest absolute Gasteiger partial charge is 0.250 e. The van der Waals surface area contributed by atoms with Crippen LogP contribution in [-0.2, 0) is 32.9 Å². The molecular formula is C31H27ClN4O4. The Morgan fingerprint density at radius 2 is 1.75 bits per heavy atom. The second-order valence-corrected chi connectivity index (χ2v) is 11.2. The number of halogens is 1. The van der Waals surface area contributed by atoms with Gasteiger partial charge in [0.05, 0.1) is 31.2 Å². The average molecular weight is 555 g/mol. The maximum Gasteiger partial charge on any atom is 0.250 e. The molecule has 7 rings (SSSR count). The molecule has 0 aliphatic carbocycles. The van der Waals surface area contributed by atoms with Crippen LogP contribution in [-0.4, -0.2) is 40.8 Å². The van der Waals surface area contributed by atoms with E-state index in [1.54, 1.807) is 25.3 Å². The summed E-state index contributed by atoms with van der Waals surface area (Å²) in [4.78, 5) is 46.9. The molecule has 9 heteroatoms. The highest BCUT2D eigenvalue weighted by Gasteiger charge is 2.70. The van der Waals surface area contributed by atoms with Crippen LogP contribution in [0.15, 0.2) is 66.9 Å². The zero-order valence-corrected chi connectivity index (χ0v) is 22.7. The van der Waals surface area contributed by atoms with E-state index in [1.807, 2.05) is 55.6 Å². The number of carbonyl (C=O) groups excluding carboxylic acids is 3. The molecule has 0 radical (unpaired) electrons. The Kier molecular flexibility index (Phi) is 5.56. The van der Waals surface area contributed by atoms with Gasteiger partial charge in [-0.25, -0.2) is 0 Å². The molecule has 3 aliphatic rings. The molecule has 4 heterocycles. The number of anilines is 1. The van der Waals surface area contributed by atoms with E-state index in [-0.39, 0.29) is 24.3 Å². The van der Waals surface area contributed by atoms with E-state index in [2.05, 4.69) is 15.6 Å². The van der Waals surface area contributed by atoms with Gasteiger partial charge in [0.25, 0.3) is 0 Å². The number of hydrogen-bond acceptors (Lipinski definition) is 5. The van der Waals surface area contributed by atoms with Crippen molar-refractivity contribution in [2.24, 2.45) is 11.8 Å². The van der Waals surface area contributed by atoms with Gasteiger partial charge in [0.1, 0.15) is 11.3 Å². The van der Waals surface area contributed by atoms with Gasteiger partial charge >= 0.3 is 0 Å². The first-order chi connectivity index (χ1) is 19.3. The molecule has 0 bridgehead atoms. The van der Waals surface area contributed by atoms with E-state index in [0.29, 0.717) is 28.4 Å². The third-order valence-corrected chi connectivity index (χ3v) is 9.22. The normalized spacial score (nSPS) is 25.1. The number of H-pyrrole nitrogens is 1. The fourth-order valence-corrected chi connectivity index (χ4v) is 7.08. The third-order valence-electron chi connectivity index (χ3n) is 8.81. The second kappa shape index (κ2) is 8.94. The minimum Gasteiger partial charge on any atom is -0.496 e. The van der Waals surface area contributed by atoms with Crippen LogP contribution in [0.25, 0.3) is 10.9 Å². The summed E-state index contributed by atoms with van der Waals surface area (Å²) in [7, 11) is 1.56. The van der Waals surface area contributed by atoms with Crippen molar-refractivity contribution in [2.45, 2.75) is 31.5 Å². The van der Waals surface area contributed by atoms with Crippen LogP contribution in [0.4, 0.5) is 5.69 Å². The van der Waals surface area contributed by atoms with Gasteiger partial charge in [0.2, 0.25) is 17.7 Å². The number of aromatic nitrogens is 1. The van der Waals surface area contributed by atoms with Crippen molar-refractivity contribution in [3.8, 4) is 5.75 Å². The Bertz CT molecular complexity index is 1730. The fraction of sp³-hybridized carbons (Fsp3) is 0.258. The molecular weight excluding hydrogens is 528 g/mol. The van der Waals surface area contributed by atoms with Gasteiger partial charge in [0, 0.05) is 39.3 Å². The van der Waals surface area contributed by atoms with Crippen molar-refractivity contribution >= 4 is 45.9 Å². The molecule has 0 saturated carbocycles. The Morgan fingerprint density at radius 1 is 0.975 bits per heavy atom. The summed E-state index contributed by atoms with van der Waals surface area (Å²) in [5, 5.41) is 8.08. The van der Waals surface area contributed by atoms with Crippen LogP contribution in [0.2, 0.25) is 5.02 Å². The summed E-state index contributed by atoms with van der Waals surface area (Å²) in [6.45, 7) is 1.91. The van der Waals surface area contributed by atoms with Gasteiger partial charge in [-0.1, -0.05) is 54.1 Å². The Hall–Kier alpha value is -4.14. The van der Waals surface area contributed by atoms with E-state index in [9.17, 15) is 14.4 Å². The van der Waals surface area contributed by atoms with Gasteiger partial charge in [-0.05, 0) is 42.7 Å². The highest BCUT2D eigenvalue weighted by molar-refractivity contribution is 6.32. The molecule has 3 N–H and O–H groups in total. The lowest BCUT2D eigenvalue weighted by Crippen LogP contribution is -2.53. The number of rotatable bonds is 5. The van der Waals surface area contributed by atoms with Gasteiger partial charge in [0.15, 0.2) is 0 Å². The van der Waals surface area contributed by atoms with Gasteiger partial charge in [-0.15, -0.1) is 0 Å². The number of likely N-dealkylation sites (tertiary alicyclic amines) is 1. The maximum absolute atomic E-state index is 14.2. The van der Waals surface area contributed by atoms with E-state index < -0.39 is 23.4 Å². The van der Waals surface area contributed by atoms with E-state index in [0.717, 1.165) is 27.6 Å². The van der Waals surface area contributed by atoms with Gasteiger partial charge in [-0.2, -0.15) is 0 Å². The maximum atomic E-state index is 14.2. The molecule has 2 fully saturated rings. The van der Waals surface area contributed by atoms with Crippen LogP contribution < -0.4 is 15.4 Å². The molecule has 3 aliphatic heterocycles. The summed E-state index contributed by atoms with van der Waals surface area (Å²) in [6, 6.07) is 18.4. The van der Waals surface area contributed by atoms with Crippen LogP contribution >= 0.6 is 11.6 Å². The van der Waals surface area contributed by atoms with Crippen molar-refractivity contribution in [3.63, 3.8) is 0 Å². The fourth-order valence-electron chi connectivity index (χ4n) is 6.92. The number of benzene rings is 3. The SMILES string of the molecule is COc1ccccc1CN1C(=O)[C@H]2[C@@H](C1=O)[C@]1(N[C@@H]2Cc2c[nH]c3ccccc23)C(=O)Nc2c1ccc(Cl)c2C. The molecule has 202 valence electrons. The number of nitrogens with zero attached hydrogens (tertiary/aromatic N) is 1. The van der Waals surface area contributed by atoms with Crippen LogP contribution in [0.1, 0.15) is 22.3 Å². The van der Waals surface area contributed by atoms with E-state index in [4.69, 9.17) is 16.3 Å². The highest BCUT2D eigenvalue weighted by atomic mass is 35.5. The van der Waals surface area contributed by atoms with Gasteiger partial charge in [-0.3, -0.25) is 24.6 Å². The number of amides is 3. The molecule has 40 heavy (non-hydrogen) atoms. The van der Waals surface area contributed by atoms with E-state index >= 15 is 0 Å². The predicted molar refractivity (Wildman–Crippen MR) is 151 cm³/mol. The summed E-state index contributed by atoms with van der Waals surface area (Å²) >= 11 is 6.40. The van der Waals surface area contributed by atoms with Crippen molar-refractivity contribution in [3.05, 3.63) is 94.1 Å². The lowest BCUT2D eigenvalue weighted by molar-refractivity contribution is -0.143. The van der Waals surface area contributed by atoms with Crippen molar-refractivity contribution < 1.29 is 19.1 Å². The first kappa shape index (κ1) is 24.9. The number of carbonyl (C=O) groups is 3. The minimum atomic E-state index is -1.39. The van der Waals surface area contributed by atoms with Crippen molar-refractivity contribution in [2.75, 3.05) is 12.4 Å². The number of nitrogens with one attached hydrogen (secondary N) is 3. The third kappa shape index (κ3) is 3.33. The standard InChI is InChI=1S/C31H27ClN4O4/c1-16-21(32)12-11-20-27(16)34-30(39)31(20)26-25(23(35-31)13-18-14-33-22-9-5-4-8-19(18)22)28(37)36(29(26)38)15-17-7-3-6-10-24(17)40-2/h3-12,14,23,25-26,33,35H,13,15H2,1-2H3,(H,34,39)/t23-,25-,26+,31+/m1/s1. The Labute approximate surface area is 235 Å². The van der Waals surface area contributed by atoms with Gasteiger partial charge < -0.3 is 15.0 Å².